The molecular weight excluding hydrogens is 360 g/mol. The second-order valence-electron chi connectivity index (χ2n) is 5.57. The molecule has 25 heavy (non-hydrogen) atoms. The first-order chi connectivity index (χ1) is 11.9. The van der Waals surface area contributed by atoms with Crippen molar-refractivity contribution in [2.24, 2.45) is 0 Å². The average molecular weight is 383 g/mol. The molecular formula is C18H23ClN2O3S. The number of halogens is 1. The van der Waals surface area contributed by atoms with E-state index in [1.807, 2.05) is 38.1 Å². The van der Waals surface area contributed by atoms with Crippen LogP contribution in [0.2, 0.25) is 5.02 Å². The lowest BCUT2D eigenvalue weighted by Gasteiger charge is -2.15. The fourth-order valence-corrected chi connectivity index (χ4v) is 3.49. The Morgan fingerprint density at radius 3 is 2.56 bits per heavy atom. The minimum Gasteiger partial charge on any atom is -0.476 e. The highest BCUT2D eigenvalue weighted by atomic mass is 35.5. The maximum atomic E-state index is 12.2. The van der Waals surface area contributed by atoms with Gasteiger partial charge < -0.3 is 4.74 Å². The Balaban J connectivity index is 1.92. The van der Waals surface area contributed by atoms with Crippen LogP contribution in [-0.2, 0) is 16.4 Å². The van der Waals surface area contributed by atoms with Gasteiger partial charge >= 0.3 is 0 Å². The first kappa shape index (κ1) is 19.7. The van der Waals surface area contributed by atoms with Gasteiger partial charge in [0.25, 0.3) is 0 Å². The van der Waals surface area contributed by atoms with Crippen LogP contribution in [0.25, 0.3) is 0 Å². The van der Waals surface area contributed by atoms with Gasteiger partial charge in [0.05, 0.1) is 4.90 Å². The van der Waals surface area contributed by atoms with E-state index in [-0.39, 0.29) is 11.1 Å². The average Bonchev–Trinajstić information content (AvgIpc) is 2.55. The van der Waals surface area contributed by atoms with Crippen molar-refractivity contribution in [2.75, 3.05) is 13.1 Å². The van der Waals surface area contributed by atoms with Crippen molar-refractivity contribution >= 4 is 21.6 Å². The number of sulfonamides is 1. The molecule has 7 heteroatoms. The van der Waals surface area contributed by atoms with Crippen molar-refractivity contribution < 1.29 is 13.2 Å². The molecule has 0 bridgehead atoms. The van der Waals surface area contributed by atoms with Crippen LogP contribution in [0.3, 0.4) is 0 Å². The van der Waals surface area contributed by atoms with E-state index in [0.29, 0.717) is 18.0 Å². The number of rotatable bonds is 9. The van der Waals surface area contributed by atoms with Crippen molar-refractivity contribution in [3.63, 3.8) is 0 Å². The third kappa shape index (κ3) is 6.32. The molecule has 2 aromatic carbocycles. The number of hydrogen-bond donors (Lipinski definition) is 2. The molecule has 0 aliphatic rings. The Kier molecular flexibility index (Phi) is 7.25. The van der Waals surface area contributed by atoms with Crippen LogP contribution >= 0.6 is 11.6 Å². The van der Waals surface area contributed by atoms with Crippen LogP contribution in [0, 0.1) is 0 Å². The first-order valence-corrected chi connectivity index (χ1v) is 10.0. The van der Waals surface area contributed by atoms with Gasteiger partial charge in [-0.15, -0.1) is 0 Å². The SMILES string of the molecule is CCNC(C)Oc1cccc(CCNS(=O)(=O)c2ccc(Cl)cc2)c1. The molecule has 0 aliphatic carbocycles. The van der Waals surface area contributed by atoms with Gasteiger partial charge in [-0.2, -0.15) is 0 Å². The molecule has 0 aromatic heterocycles. The summed E-state index contributed by atoms with van der Waals surface area (Å²) >= 11 is 5.79. The van der Waals surface area contributed by atoms with Crippen molar-refractivity contribution in [3.05, 3.63) is 59.1 Å². The van der Waals surface area contributed by atoms with Crippen LogP contribution in [0.15, 0.2) is 53.4 Å². The fourth-order valence-electron chi connectivity index (χ4n) is 2.33. The number of nitrogens with one attached hydrogen (secondary N) is 2. The predicted octanol–water partition coefficient (Wildman–Crippen LogP) is 3.20. The summed E-state index contributed by atoms with van der Waals surface area (Å²) in [6.07, 6.45) is 0.489. The Morgan fingerprint density at radius 2 is 1.88 bits per heavy atom. The highest BCUT2D eigenvalue weighted by Crippen LogP contribution is 2.16. The summed E-state index contributed by atoms with van der Waals surface area (Å²) in [4.78, 5) is 0.202. The van der Waals surface area contributed by atoms with E-state index in [1.165, 1.54) is 12.1 Å². The molecule has 0 spiro atoms. The van der Waals surface area contributed by atoms with E-state index < -0.39 is 10.0 Å². The highest BCUT2D eigenvalue weighted by molar-refractivity contribution is 7.89. The molecule has 2 rings (SSSR count). The zero-order valence-corrected chi connectivity index (χ0v) is 15.9. The Hall–Kier alpha value is -1.60. The predicted molar refractivity (Wildman–Crippen MR) is 101 cm³/mol. The lowest BCUT2D eigenvalue weighted by Crippen LogP contribution is -2.31. The lowest BCUT2D eigenvalue weighted by atomic mass is 10.1. The van der Waals surface area contributed by atoms with E-state index in [0.717, 1.165) is 17.9 Å². The Labute approximate surface area is 154 Å². The zero-order valence-electron chi connectivity index (χ0n) is 14.3. The summed E-state index contributed by atoms with van der Waals surface area (Å²) in [5.41, 5.74) is 1.00. The lowest BCUT2D eigenvalue weighted by molar-refractivity contribution is 0.185. The topological polar surface area (TPSA) is 67.4 Å². The third-order valence-corrected chi connectivity index (χ3v) is 5.26. The second-order valence-corrected chi connectivity index (χ2v) is 7.77. The normalized spacial score (nSPS) is 12.8. The van der Waals surface area contributed by atoms with Crippen LogP contribution in [0.1, 0.15) is 19.4 Å². The van der Waals surface area contributed by atoms with Crippen molar-refractivity contribution in [2.45, 2.75) is 31.4 Å². The smallest absolute Gasteiger partial charge is 0.240 e. The Bertz CT molecular complexity index is 779. The van der Waals surface area contributed by atoms with E-state index >= 15 is 0 Å². The minimum absolute atomic E-state index is 0.0799. The molecule has 0 fully saturated rings. The molecule has 0 saturated carbocycles. The summed E-state index contributed by atoms with van der Waals surface area (Å²) in [7, 11) is -3.53. The molecule has 2 N–H and O–H groups in total. The van der Waals surface area contributed by atoms with Crippen LogP contribution in [0.5, 0.6) is 5.75 Å². The summed E-state index contributed by atoms with van der Waals surface area (Å²) in [5, 5.41) is 3.68. The van der Waals surface area contributed by atoms with Crippen LogP contribution in [-0.4, -0.2) is 27.7 Å². The quantitative estimate of drug-likeness (QED) is 0.653. The van der Waals surface area contributed by atoms with Crippen molar-refractivity contribution in [1.82, 2.24) is 10.0 Å². The molecule has 0 aliphatic heterocycles. The summed E-state index contributed by atoms with van der Waals surface area (Å²) < 4.78 is 32.8. The molecule has 1 unspecified atom stereocenters. The number of ether oxygens (including phenoxy) is 1. The van der Waals surface area contributed by atoms with Crippen molar-refractivity contribution in [1.29, 1.82) is 0 Å². The number of hydrogen-bond acceptors (Lipinski definition) is 4. The van der Waals surface area contributed by atoms with E-state index in [1.54, 1.807) is 12.1 Å². The van der Waals surface area contributed by atoms with Crippen molar-refractivity contribution in [3.8, 4) is 5.75 Å². The molecule has 0 heterocycles. The van der Waals surface area contributed by atoms with Gasteiger partial charge in [0, 0.05) is 11.6 Å². The summed E-state index contributed by atoms with van der Waals surface area (Å²) in [5.74, 6) is 0.756. The molecule has 0 saturated heterocycles. The molecule has 0 radical (unpaired) electrons. The second kappa shape index (κ2) is 9.20. The highest BCUT2D eigenvalue weighted by Gasteiger charge is 2.13. The molecule has 136 valence electrons. The van der Waals surface area contributed by atoms with Gasteiger partial charge in [-0.1, -0.05) is 30.7 Å². The number of benzene rings is 2. The maximum Gasteiger partial charge on any atom is 0.240 e. The largest absolute Gasteiger partial charge is 0.476 e. The first-order valence-electron chi connectivity index (χ1n) is 8.15. The van der Waals surface area contributed by atoms with Gasteiger partial charge in [0.1, 0.15) is 12.0 Å². The van der Waals surface area contributed by atoms with Gasteiger partial charge in [-0.05, 0) is 61.9 Å². The standard InChI is InChI=1S/C18H23ClN2O3S/c1-3-20-14(2)24-17-6-4-5-15(13-17)11-12-21-25(22,23)18-9-7-16(19)8-10-18/h4-10,13-14,20-21H,3,11-12H2,1-2H3. The minimum atomic E-state index is -3.53. The zero-order chi connectivity index (χ0) is 18.3. The van der Waals surface area contributed by atoms with Crippen LogP contribution in [0.4, 0.5) is 0 Å². The molecule has 2 aromatic rings. The van der Waals surface area contributed by atoms with E-state index in [2.05, 4.69) is 10.0 Å². The third-order valence-electron chi connectivity index (χ3n) is 3.53. The monoisotopic (exact) mass is 382 g/mol. The molecule has 0 amide bonds. The van der Waals surface area contributed by atoms with Crippen LogP contribution < -0.4 is 14.8 Å². The summed E-state index contributed by atoms with van der Waals surface area (Å²) in [6.45, 7) is 5.09. The van der Waals surface area contributed by atoms with Gasteiger partial charge in [-0.25, -0.2) is 13.1 Å². The molecule has 1 atom stereocenters. The van der Waals surface area contributed by atoms with E-state index in [4.69, 9.17) is 16.3 Å². The van der Waals surface area contributed by atoms with Gasteiger partial charge in [0.2, 0.25) is 10.0 Å². The molecule has 5 nitrogen and oxygen atoms in total. The summed E-state index contributed by atoms with van der Waals surface area (Å²) in [6, 6.07) is 13.7. The van der Waals surface area contributed by atoms with Gasteiger partial charge in [-0.3, -0.25) is 5.32 Å². The fraction of sp³-hybridized carbons (Fsp3) is 0.333. The maximum absolute atomic E-state index is 12.2. The Morgan fingerprint density at radius 1 is 1.16 bits per heavy atom. The van der Waals surface area contributed by atoms with Gasteiger partial charge in [0.15, 0.2) is 0 Å². The van der Waals surface area contributed by atoms with E-state index in [9.17, 15) is 8.42 Å².